The maximum absolute atomic E-state index is 9.39. The SMILES string of the molecule is Cc1occc1Sc1ccc([C@H](C)O)cc1. The van der Waals surface area contributed by atoms with Gasteiger partial charge < -0.3 is 9.52 Å². The monoisotopic (exact) mass is 234 g/mol. The second-order valence-electron chi connectivity index (χ2n) is 3.69. The van der Waals surface area contributed by atoms with Crippen LogP contribution in [0.2, 0.25) is 0 Å². The molecule has 0 unspecified atom stereocenters. The summed E-state index contributed by atoms with van der Waals surface area (Å²) in [5, 5.41) is 9.39. The average molecular weight is 234 g/mol. The molecule has 0 saturated carbocycles. The number of aliphatic hydroxyl groups is 1. The largest absolute Gasteiger partial charge is 0.468 e. The number of hydrogen-bond donors (Lipinski definition) is 1. The van der Waals surface area contributed by atoms with Crippen molar-refractivity contribution in [2.45, 2.75) is 29.7 Å². The van der Waals surface area contributed by atoms with E-state index in [1.165, 1.54) is 0 Å². The molecule has 0 bridgehead atoms. The number of aliphatic hydroxyl groups excluding tert-OH is 1. The molecular weight excluding hydrogens is 220 g/mol. The van der Waals surface area contributed by atoms with E-state index in [-0.39, 0.29) is 0 Å². The Morgan fingerprint density at radius 1 is 1.19 bits per heavy atom. The van der Waals surface area contributed by atoms with Gasteiger partial charge in [0.25, 0.3) is 0 Å². The van der Waals surface area contributed by atoms with Gasteiger partial charge in [-0.25, -0.2) is 0 Å². The summed E-state index contributed by atoms with van der Waals surface area (Å²) in [6.07, 6.45) is 1.29. The van der Waals surface area contributed by atoms with Gasteiger partial charge in [-0.05, 0) is 37.6 Å². The summed E-state index contributed by atoms with van der Waals surface area (Å²) in [7, 11) is 0. The molecule has 2 aromatic rings. The molecule has 1 heterocycles. The second kappa shape index (κ2) is 4.76. The fourth-order valence-electron chi connectivity index (χ4n) is 1.42. The highest BCUT2D eigenvalue weighted by Crippen LogP contribution is 2.31. The molecule has 16 heavy (non-hydrogen) atoms. The average Bonchev–Trinajstić information content (AvgIpc) is 2.65. The molecule has 2 nitrogen and oxygen atoms in total. The number of furan rings is 1. The lowest BCUT2D eigenvalue weighted by molar-refractivity contribution is 0.199. The Bertz CT molecular complexity index is 457. The molecule has 0 amide bonds. The zero-order valence-electron chi connectivity index (χ0n) is 9.31. The fourth-order valence-corrected chi connectivity index (χ4v) is 2.26. The summed E-state index contributed by atoms with van der Waals surface area (Å²) in [4.78, 5) is 2.28. The van der Waals surface area contributed by atoms with E-state index in [1.54, 1.807) is 24.9 Å². The van der Waals surface area contributed by atoms with Crippen molar-refractivity contribution in [3.05, 3.63) is 47.9 Å². The molecular formula is C13H14O2S. The molecule has 0 aliphatic rings. The summed E-state index contributed by atoms with van der Waals surface area (Å²) in [5.74, 6) is 0.935. The van der Waals surface area contributed by atoms with Gasteiger partial charge in [0.05, 0.1) is 17.3 Å². The molecule has 0 fully saturated rings. The van der Waals surface area contributed by atoms with Crippen molar-refractivity contribution in [3.63, 3.8) is 0 Å². The van der Waals surface area contributed by atoms with E-state index in [0.29, 0.717) is 0 Å². The minimum atomic E-state index is -0.408. The molecule has 3 heteroatoms. The second-order valence-corrected chi connectivity index (χ2v) is 4.80. The summed E-state index contributed by atoms with van der Waals surface area (Å²) < 4.78 is 5.24. The quantitative estimate of drug-likeness (QED) is 0.877. The Morgan fingerprint density at radius 3 is 2.38 bits per heavy atom. The van der Waals surface area contributed by atoms with E-state index in [9.17, 15) is 5.11 Å². The minimum Gasteiger partial charge on any atom is -0.468 e. The van der Waals surface area contributed by atoms with E-state index >= 15 is 0 Å². The van der Waals surface area contributed by atoms with E-state index in [4.69, 9.17) is 4.42 Å². The third kappa shape index (κ3) is 2.49. The van der Waals surface area contributed by atoms with Crippen LogP contribution in [-0.2, 0) is 0 Å². The van der Waals surface area contributed by atoms with Crippen LogP contribution in [0.15, 0.2) is 50.8 Å². The molecule has 84 valence electrons. The first kappa shape index (κ1) is 11.3. The van der Waals surface area contributed by atoms with E-state index < -0.39 is 6.10 Å². The molecule has 1 aromatic carbocycles. The molecule has 0 saturated heterocycles. The van der Waals surface area contributed by atoms with Crippen LogP contribution in [0.3, 0.4) is 0 Å². The predicted molar refractivity (Wildman–Crippen MR) is 64.6 cm³/mol. The van der Waals surface area contributed by atoms with Crippen molar-refractivity contribution in [3.8, 4) is 0 Å². The van der Waals surface area contributed by atoms with E-state index in [1.807, 2.05) is 37.3 Å². The van der Waals surface area contributed by atoms with Crippen molar-refractivity contribution >= 4 is 11.8 Å². The Kier molecular flexibility index (Phi) is 3.36. The highest BCUT2D eigenvalue weighted by molar-refractivity contribution is 7.99. The van der Waals surface area contributed by atoms with Crippen LogP contribution in [0.25, 0.3) is 0 Å². The first-order chi connectivity index (χ1) is 7.66. The summed E-state index contributed by atoms with van der Waals surface area (Å²) >= 11 is 1.67. The van der Waals surface area contributed by atoms with Crippen molar-refractivity contribution in [2.24, 2.45) is 0 Å². The lowest BCUT2D eigenvalue weighted by Gasteiger charge is -2.05. The highest BCUT2D eigenvalue weighted by atomic mass is 32.2. The molecule has 1 N–H and O–H groups in total. The smallest absolute Gasteiger partial charge is 0.114 e. The summed E-state index contributed by atoms with van der Waals surface area (Å²) in [6, 6.07) is 9.88. The molecule has 1 aromatic heterocycles. The standard InChI is InChI=1S/C13H14O2S/c1-9(14)11-3-5-12(6-4-11)16-13-7-8-15-10(13)2/h3-9,14H,1-2H3/t9-/m0/s1. The number of benzene rings is 1. The highest BCUT2D eigenvalue weighted by Gasteiger charge is 2.04. The van der Waals surface area contributed by atoms with Crippen molar-refractivity contribution < 1.29 is 9.52 Å². The molecule has 0 aliphatic heterocycles. The van der Waals surface area contributed by atoms with Gasteiger partial charge in [-0.2, -0.15) is 0 Å². The Balaban J connectivity index is 2.14. The molecule has 0 radical (unpaired) electrons. The Morgan fingerprint density at radius 2 is 1.88 bits per heavy atom. The normalized spacial score (nSPS) is 12.7. The van der Waals surface area contributed by atoms with E-state index in [0.717, 1.165) is 21.1 Å². The fraction of sp³-hybridized carbons (Fsp3) is 0.231. The number of rotatable bonds is 3. The molecule has 0 aliphatic carbocycles. The molecule has 2 rings (SSSR count). The van der Waals surface area contributed by atoms with Crippen LogP contribution in [0.5, 0.6) is 0 Å². The van der Waals surface area contributed by atoms with Gasteiger partial charge in [-0.1, -0.05) is 23.9 Å². The maximum Gasteiger partial charge on any atom is 0.114 e. The Hall–Kier alpha value is -1.19. The van der Waals surface area contributed by atoms with Crippen molar-refractivity contribution in [1.82, 2.24) is 0 Å². The molecule has 0 spiro atoms. The zero-order valence-corrected chi connectivity index (χ0v) is 10.1. The minimum absolute atomic E-state index is 0.408. The number of hydrogen-bond acceptors (Lipinski definition) is 3. The van der Waals surface area contributed by atoms with Gasteiger partial charge in [-0.3, -0.25) is 0 Å². The van der Waals surface area contributed by atoms with Crippen molar-refractivity contribution in [1.29, 1.82) is 0 Å². The van der Waals surface area contributed by atoms with Gasteiger partial charge in [0.1, 0.15) is 5.76 Å². The van der Waals surface area contributed by atoms with Gasteiger partial charge in [0.15, 0.2) is 0 Å². The van der Waals surface area contributed by atoms with Gasteiger partial charge in [0, 0.05) is 4.90 Å². The zero-order chi connectivity index (χ0) is 11.5. The van der Waals surface area contributed by atoms with Crippen LogP contribution in [0.4, 0.5) is 0 Å². The van der Waals surface area contributed by atoms with Crippen LogP contribution in [0, 0.1) is 6.92 Å². The third-order valence-corrected chi connectivity index (χ3v) is 3.55. The van der Waals surface area contributed by atoms with Gasteiger partial charge >= 0.3 is 0 Å². The maximum atomic E-state index is 9.39. The molecule has 1 atom stereocenters. The first-order valence-electron chi connectivity index (χ1n) is 5.17. The third-order valence-electron chi connectivity index (χ3n) is 2.40. The first-order valence-corrected chi connectivity index (χ1v) is 5.98. The van der Waals surface area contributed by atoms with Crippen LogP contribution in [-0.4, -0.2) is 5.11 Å². The van der Waals surface area contributed by atoms with Crippen LogP contribution >= 0.6 is 11.8 Å². The summed E-state index contributed by atoms with van der Waals surface area (Å²) in [6.45, 7) is 3.72. The summed E-state index contributed by atoms with van der Waals surface area (Å²) in [5.41, 5.74) is 0.938. The van der Waals surface area contributed by atoms with Crippen molar-refractivity contribution in [2.75, 3.05) is 0 Å². The Labute approximate surface area is 99.3 Å². The van der Waals surface area contributed by atoms with Crippen LogP contribution < -0.4 is 0 Å². The predicted octanol–water partition coefficient (Wildman–Crippen LogP) is 3.79. The van der Waals surface area contributed by atoms with Gasteiger partial charge in [0.2, 0.25) is 0 Å². The lowest BCUT2D eigenvalue weighted by Crippen LogP contribution is -1.89. The van der Waals surface area contributed by atoms with Crippen LogP contribution in [0.1, 0.15) is 24.4 Å². The number of aryl methyl sites for hydroxylation is 1. The lowest BCUT2D eigenvalue weighted by atomic mass is 10.1. The van der Waals surface area contributed by atoms with Gasteiger partial charge in [-0.15, -0.1) is 0 Å². The van der Waals surface area contributed by atoms with E-state index in [2.05, 4.69) is 0 Å². The topological polar surface area (TPSA) is 33.4 Å².